The monoisotopic (exact) mass is 499 g/mol. The number of amides is 1. The fraction of sp³-hybridized carbons (Fsp3) is 0.478. The predicted molar refractivity (Wildman–Crippen MR) is 117 cm³/mol. The van der Waals surface area contributed by atoms with E-state index >= 15 is 0 Å². The summed E-state index contributed by atoms with van der Waals surface area (Å²) in [4.78, 5) is 27.8. The Bertz CT molecular complexity index is 1150. The number of aromatic nitrogens is 1. The van der Waals surface area contributed by atoms with Crippen LogP contribution in [0.25, 0.3) is 11.1 Å². The van der Waals surface area contributed by atoms with Gasteiger partial charge in [0.05, 0.1) is 13.2 Å². The molecule has 2 atom stereocenters. The number of hydrogen-bond donors (Lipinski definition) is 2. The van der Waals surface area contributed by atoms with E-state index in [1.54, 1.807) is 11.1 Å². The number of ether oxygens (including phenoxy) is 3. The van der Waals surface area contributed by atoms with Gasteiger partial charge in [-0.1, -0.05) is 18.2 Å². The number of primary amides is 1. The van der Waals surface area contributed by atoms with Gasteiger partial charge in [-0.15, -0.1) is 0 Å². The Morgan fingerprint density at radius 3 is 2.66 bits per heavy atom. The molecule has 0 unspecified atom stereocenters. The summed E-state index contributed by atoms with van der Waals surface area (Å²) in [6.07, 6.45) is -6.20. The van der Waals surface area contributed by atoms with Crippen molar-refractivity contribution in [3.05, 3.63) is 51.9 Å². The van der Waals surface area contributed by atoms with Gasteiger partial charge in [-0.25, -0.2) is 4.39 Å². The first-order valence-corrected chi connectivity index (χ1v) is 10.9. The van der Waals surface area contributed by atoms with E-state index in [0.717, 1.165) is 0 Å². The Hall–Kier alpha value is -2.96. The summed E-state index contributed by atoms with van der Waals surface area (Å²) in [5.74, 6) is -1.04. The van der Waals surface area contributed by atoms with Gasteiger partial charge in [0.15, 0.2) is 0 Å². The number of pyridine rings is 1. The molecular formula is C23H25F4N3O5. The molecule has 0 bridgehead atoms. The summed E-state index contributed by atoms with van der Waals surface area (Å²) < 4.78 is 70.8. The number of likely N-dealkylation sites (tertiary alicyclic amines) is 1. The van der Waals surface area contributed by atoms with Crippen LogP contribution in [0, 0.1) is 0 Å². The Kier molecular flexibility index (Phi) is 6.89. The second kappa shape index (κ2) is 9.59. The maximum atomic E-state index is 13.3. The van der Waals surface area contributed by atoms with E-state index in [2.05, 4.69) is 0 Å². The van der Waals surface area contributed by atoms with Gasteiger partial charge in [-0.3, -0.25) is 14.5 Å². The molecule has 2 aliphatic rings. The smallest absolute Gasteiger partial charge is 0.431 e. The highest BCUT2D eigenvalue weighted by molar-refractivity contribution is 6.00. The SMILES string of the molecule is C[C@@]1(CN2CC(F)C2)COC[C@@H](COc2ccccc2-c2cc(C(F)(F)F)[nH]c(=O)c2C(N)=O)O1. The summed E-state index contributed by atoms with van der Waals surface area (Å²) >= 11 is 0. The molecule has 1 amide bonds. The Balaban J connectivity index is 1.56. The summed E-state index contributed by atoms with van der Waals surface area (Å²) in [7, 11) is 0. The molecule has 0 saturated carbocycles. The third-order valence-electron chi connectivity index (χ3n) is 5.82. The Labute approximate surface area is 198 Å². The van der Waals surface area contributed by atoms with E-state index < -0.39 is 46.8 Å². The molecule has 0 radical (unpaired) electrons. The zero-order chi connectivity index (χ0) is 25.4. The van der Waals surface area contributed by atoms with Crippen LogP contribution in [0.1, 0.15) is 23.0 Å². The number of rotatable bonds is 7. The van der Waals surface area contributed by atoms with Crippen molar-refractivity contribution < 1.29 is 36.6 Å². The third-order valence-corrected chi connectivity index (χ3v) is 5.82. The quantitative estimate of drug-likeness (QED) is 0.567. The van der Waals surface area contributed by atoms with Gasteiger partial charge < -0.3 is 24.9 Å². The topological polar surface area (TPSA) is 107 Å². The Morgan fingerprint density at radius 2 is 2.00 bits per heavy atom. The zero-order valence-corrected chi connectivity index (χ0v) is 18.9. The van der Waals surface area contributed by atoms with Crippen LogP contribution in [-0.4, -0.2) is 73.1 Å². The number of halogens is 4. The predicted octanol–water partition coefficient (Wildman–Crippen LogP) is 2.37. The van der Waals surface area contributed by atoms with Crippen LogP contribution in [0.5, 0.6) is 5.75 Å². The molecule has 190 valence electrons. The van der Waals surface area contributed by atoms with Crippen molar-refractivity contribution in [2.24, 2.45) is 5.73 Å². The molecule has 0 aliphatic carbocycles. The number of carbonyl (C=O) groups is 1. The molecule has 0 spiro atoms. The molecule has 2 aliphatic heterocycles. The fourth-order valence-corrected chi connectivity index (χ4v) is 4.32. The molecule has 2 saturated heterocycles. The van der Waals surface area contributed by atoms with Gasteiger partial charge in [0.1, 0.15) is 41.5 Å². The molecule has 3 heterocycles. The largest absolute Gasteiger partial charge is 0.490 e. The second-order valence-electron chi connectivity index (χ2n) is 8.97. The number of nitrogens with two attached hydrogens (primary N) is 1. The standard InChI is InChI=1S/C23H25F4N3O5/c1-22(11-30-7-13(24)8-30)12-33-9-14(35-22)10-34-17-5-3-2-4-15(17)16-6-18(23(25,26)27)29-21(32)19(16)20(28)31/h2-6,13-14H,7-12H2,1H3,(H2,28,31)(H,29,32)/t14-,22+/m0/s1. The van der Waals surface area contributed by atoms with Crippen LogP contribution in [0.15, 0.2) is 35.1 Å². The molecule has 8 nitrogen and oxygen atoms in total. The Morgan fingerprint density at radius 1 is 1.29 bits per heavy atom. The third kappa shape index (κ3) is 5.65. The van der Waals surface area contributed by atoms with Crippen molar-refractivity contribution in [1.29, 1.82) is 0 Å². The molecule has 2 aromatic rings. The molecule has 12 heteroatoms. The van der Waals surface area contributed by atoms with E-state index in [1.807, 2.05) is 11.8 Å². The van der Waals surface area contributed by atoms with Crippen LogP contribution in [0.4, 0.5) is 17.6 Å². The zero-order valence-electron chi connectivity index (χ0n) is 18.9. The van der Waals surface area contributed by atoms with Gasteiger partial charge in [0.25, 0.3) is 11.5 Å². The number of hydrogen-bond acceptors (Lipinski definition) is 6. The van der Waals surface area contributed by atoms with Gasteiger partial charge in [0.2, 0.25) is 0 Å². The number of benzene rings is 1. The first-order chi connectivity index (χ1) is 16.4. The molecule has 4 rings (SSSR count). The lowest BCUT2D eigenvalue weighted by Crippen LogP contribution is -2.59. The van der Waals surface area contributed by atoms with Crippen molar-refractivity contribution in [2.75, 3.05) is 39.5 Å². The summed E-state index contributed by atoms with van der Waals surface area (Å²) in [5, 5.41) is 0. The van der Waals surface area contributed by atoms with Crippen LogP contribution in [0.2, 0.25) is 0 Å². The summed E-state index contributed by atoms with van der Waals surface area (Å²) in [6.45, 7) is 3.54. The maximum Gasteiger partial charge on any atom is 0.431 e. The van der Waals surface area contributed by atoms with Crippen LogP contribution < -0.4 is 16.0 Å². The van der Waals surface area contributed by atoms with Gasteiger partial charge >= 0.3 is 6.18 Å². The van der Waals surface area contributed by atoms with E-state index in [0.29, 0.717) is 32.3 Å². The molecule has 1 aromatic carbocycles. The van der Waals surface area contributed by atoms with Crippen molar-refractivity contribution in [2.45, 2.75) is 31.0 Å². The molecule has 2 fully saturated rings. The average molecular weight is 499 g/mol. The lowest BCUT2D eigenvalue weighted by molar-refractivity contribution is -0.209. The minimum Gasteiger partial charge on any atom is -0.490 e. The number of aromatic amines is 1. The van der Waals surface area contributed by atoms with Crippen LogP contribution >= 0.6 is 0 Å². The minimum atomic E-state index is -4.85. The first-order valence-electron chi connectivity index (χ1n) is 10.9. The van der Waals surface area contributed by atoms with Crippen molar-refractivity contribution in [3.8, 4) is 16.9 Å². The fourth-order valence-electron chi connectivity index (χ4n) is 4.32. The lowest BCUT2D eigenvalue weighted by atomic mass is 9.98. The van der Waals surface area contributed by atoms with Crippen molar-refractivity contribution in [3.63, 3.8) is 0 Å². The van der Waals surface area contributed by atoms with Crippen LogP contribution in [0.3, 0.4) is 0 Å². The van der Waals surface area contributed by atoms with Crippen molar-refractivity contribution in [1.82, 2.24) is 9.88 Å². The number of H-pyrrole nitrogens is 1. The molecule has 1 aromatic heterocycles. The molecule has 3 N–H and O–H groups in total. The highest BCUT2D eigenvalue weighted by Crippen LogP contribution is 2.35. The second-order valence-corrected chi connectivity index (χ2v) is 8.97. The van der Waals surface area contributed by atoms with Gasteiger partial charge in [-0.05, 0) is 19.1 Å². The normalized spacial score (nSPS) is 23.6. The number of nitrogens with one attached hydrogen (secondary N) is 1. The molecule has 35 heavy (non-hydrogen) atoms. The minimum absolute atomic E-state index is 0.0143. The highest BCUT2D eigenvalue weighted by Gasteiger charge is 2.39. The molecular weight excluding hydrogens is 474 g/mol. The maximum absolute atomic E-state index is 13.3. The lowest BCUT2D eigenvalue weighted by Gasteiger charge is -2.44. The summed E-state index contributed by atoms with van der Waals surface area (Å²) in [5.41, 5.74) is 1.23. The highest BCUT2D eigenvalue weighted by atomic mass is 19.4. The van der Waals surface area contributed by atoms with Crippen molar-refractivity contribution >= 4 is 5.91 Å². The van der Waals surface area contributed by atoms with E-state index in [9.17, 15) is 27.2 Å². The van der Waals surface area contributed by atoms with Gasteiger partial charge in [-0.2, -0.15) is 13.2 Å². The van der Waals surface area contributed by atoms with Gasteiger partial charge in [0, 0.05) is 30.8 Å². The number of para-hydroxylation sites is 1. The van der Waals surface area contributed by atoms with E-state index in [4.69, 9.17) is 19.9 Å². The van der Waals surface area contributed by atoms with E-state index in [-0.39, 0.29) is 30.1 Å². The number of carbonyl (C=O) groups excluding carboxylic acids is 1. The first kappa shape index (κ1) is 25.1. The van der Waals surface area contributed by atoms with E-state index in [1.165, 1.54) is 18.2 Å². The number of alkyl halides is 4. The average Bonchev–Trinajstić information content (AvgIpc) is 2.75. The van der Waals surface area contributed by atoms with Crippen LogP contribution in [-0.2, 0) is 15.7 Å². The summed E-state index contributed by atoms with van der Waals surface area (Å²) in [6, 6.07) is 6.71. The number of nitrogens with zero attached hydrogens (tertiary/aromatic N) is 1.